The van der Waals surface area contributed by atoms with Crippen LogP contribution in [0.25, 0.3) is 0 Å². The van der Waals surface area contributed by atoms with E-state index >= 15 is 0 Å². The first-order chi connectivity index (χ1) is 15.0. The second kappa shape index (κ2) is 11.9. The Bertz CT molecular complexity index is 849. The van der Waals surface area contributed by atoms with Crippen molar-refractivity contribution in [1.82, 2.24) is 10.2 Å². The maximum Gasteiger partial charge on any atom is 0.242 e. The van der Waals surface area contributed by atoms with Gasteiger partial charge in [-0.2, -0.15) is 0 Å². The van der Waals surface area contributed by atoms with E-state index in [9.17, 15) is 9.59 Å². The molecule has 2 aromatic rings. The summed E-state index contributed by atoms with van der Waals surface area (Å²) in [7, 11) is 0. The van der Waals surface area contributed by atoms with Gasteiger partial charge in [-0.25, -0.2) is 0 Å². The van der Waals surface area contributed by atoms with Gasteiger partial charge < -0.3 is 10.2 Å². The number of thioether (sulfide) groups is 1. The molecule has 1 saturated carbocycles. The van der Waals surface area contributed by atoms with Gasteiger partial charge in [-0.15, -0.1) is 11.8 Å². The Labute approximate surface area is 190 Å². The second-order valence-corrected chi connectivity index (χ2v) is 9.46. The van der Waals surface area contributed by atoms with Gasteiger partial charge in [-0.1, -0.05) is 73.0 Å². The van der Waals surface area contributed by atoms with Crippen LogP contribution < -0.4 is 5.32 Å². The maximum absolute atomic E-state index is 13.1. The lowest BCUT2D eigenvalue weighted by Gasteiger charge is -2.29. The first kappa shape index (κ1) is 23.4. The number of nitrogens with zero attached hydrogens (tertiary/aromatic N) is 1. The summed E-state index contributed by atoms with van der Waals surface area (Å²) >= 11 is 1.61. The van der Waals surface area contributed by atoms with Crippen LogP contribution in [0.1, 0.15) is 49.3 Å². The molecule has 0 heterocycles. The van der Waals surface area contributed by atoms with Gasteiger partial charge in [0.15, 0.2) is 0 Å². The maximum atomic E-state index is 13.1. The molecular weight excluding hydrogens is 404 g/mol. The van der Waals surface area contributed by atoms with E-state index in [1.54, 1.807) is 16.7 Å². The summed E-state index contributed by atoms with van der Waals surface area (Å²) in [5, 5.41) is 3.16. The van der Waals surface area contributed by atoms with E-state index in [0.29, 0.717) is 12.3 Å². The van der Waals surface area contributed by atoms with Crippen molar-refractivity contribution in [3.8, 4) is 0 Å². The van der Waals surface area contributed by atoms with E-state index in [2.05, 4.69) is 48.6 Å². The normalized spacial score (nSPS) is 14.9. The highest BCUT2D eigenvalue weighted by molar-refractivity contribution is 7.99. The molecule has 1 aliphatic rings. The van der Waals surface area contributed by atoms with Crippen LogP contribution in [0, 0.1) is 6.92 Å². The van der Waals surface area contributed by atoms with E-state index < -0.39 is 6.04 Å². The highest BCUT2D eigenvalue weighted by Crippen LogP contribution is 2.19. The van der Waals surface area contributed by atoms with Crippen molar-refractivity contribution < 1.29 is 9.59 Å². The van der Waals surface area contributed by atoms with Crippen LogP contribution in [-0.2, 0) is 21.8 Å². The zero-order valence-corrected chi connectivity index (χ0v) is 19.5. The molecule has 1 atom stereocenters. The van der Waals surface area contributed by atoms with E-state index in [4.69, 9.17) is 0 Å². The van der Waals surface area contributed by atoms with Crippen LogP contribution >= 0.6 is 11.8 Å². The number of rotatable bonds is 10. The summed E-state index contributed by atoms with van der Waals surface area (Å²) < 4.78 is 0. The van der Waals surface area contributed by atoms with E-state index in [0.717, 1.165) is 25.0 Å². The molecule has 5 heteroatoms. The number of carbonyl (C=O) groups excluding carboxylic acids is 2. The Balaban J connectivity index is 1.60. The predicted molar refractivity (Wildman–Crippen MR) is 129 cm³/mol. The zero-order chi connectivity index (χ0) is 22.1. The molecule has 1 fully saturated rings. The highest BCUT2D eigenvalue weighted by atomic mass is 32.2. The summed E-state index contributed by atoms with van der Waals surface area (Å²) in [6, 6.07) is 18.3. The fraction of sp³-hybridized carbons (Fsp3) is 0.462. The summed E-state index contributed by atoms with van der Waals surface area (Å²) in [6.07, 6.45) is 5.18. The van der Waals surface area contributed by atoms with Gasteiger partial charge in [0.25, 0.3) is 0 Å². The monoisotopic (exact) mass is 438 g/mol. The van der Waals surface area contributed by atoms with Gasteiger partial charge in [0, 0.05) is 18.3 Å². The molecule has 0 aromatic heterocycles. The van der Waals surface area contributed by atoms with Gasteiger partial charge in [-0.3, -0.25) is 9.59 Å². The molecule has 166 valence electrons. The molecule has 0 bridgehead atoms. The van der Waals surface area contributed by atoms with Gasteiger partial charge in [-0.05, 0) is 44.2 Å². The minimum absolute atomic E-state index is 0.0302. The molecule has 3 rings (SSSR count). The van der Waals surface area contributed by atoms with Gasteiger partial charge in [0.1, 0.15) is 6.04 Å². The zero-order valence-electron chi connectivity index (χ0n) is 18.7. The molecule has 31 heavy (non-hydrogen) atoms. The Morgan fingerprint density at radius 1 is 1.06 bits per heavy atom. The molecule has 4 nitrogen and oxygen atoms in total. The molecular formula is C26H34N2O2S. The third kappa shape index (κ3) is 7.42. The number of aryl methyl sites for hydroxylation is 1. The molecule has 0 spiro atoms. The minimum Gasteiger partial charge on any atom is -0.352 e. The van der Waals surface area contributed by atoms with E-state index in [1.807, 2.05) is 25.1 Å². The quantitative estimate of drug-likeness (QED) is 0.583. The first-order valence-electron chi connectivity index (χ1n) is 11.3. The third-order valence-electron chi connectivity index (χ3n) is 5.93. The second-order valence-electron chi connectivity index (χ2n) is 8.47. The van der Waals surface area contributed by atoms with Gasteiger partial charge in [0.05, 0.1) is 5.75 Å². The van der Waals surface area contributed by atoms with Gasteiger partial charge >= 0.3 is 0 Å². The number of benzene rings is 2. The van der Waals surface area contributed by atoms with E-state index in [1.165, 1.54) is 29.5 Å². The Hall–Kier alpha value is -2.27. The van der Waals surface area contributed by atoms with Crippen LogP contribution in [0.3, 0.4) is 0 Å². The largest absolute Gasteiger partial charge is 0.352 e. The SMILES string of the molecule is Cc1cccc(CSCC(=O)N(CCc2ccccc2)[C@@H](C)C(=O)NC2CCCC2)c1. The van der Waals surface area contributed by atoms with Crippen LogP contribution in [0.15, 0.2) is 54.6 Å². The van der Waals surface area contributed by atoms with Crippen molar-refractivity contribution >= 4 is 23.6 Å². The van der Waals surface area contributed by atoms with Crippen LogP contribution in [0.2, 0.25) is 0 Å². The summed E-state index contributed by atoms with van der Waals surface area (Å²) in [4.78, 5) is 27.8. The van der Waals surface area contributed by atoms with Crippen molar-refractivity contribution in [2.75, 3.05) is 12.3 Å². The lowest BCUT2D eigenvalue weighted by molar-refractivity contribution is -0.138. The fourth-order valence-corrected chi connectivity index (χ4v) is 4.96. The summed E-state index contributed by atoms with van der Waals surface area (Å²) in [6.45, 7) is 4.49. The first-order valence-corrected chi connectivity index (χ1v) is 12.5. The average molecular weight is 439 g/mol. The molecule has 1 aliphatic carbocycles. The Morgan fingerprint density at radius 3 is 2.48 bits per heavy atom. The number of nitrogens with one attached hydrogen (secondary N) is 1. The van der Waals surface area contributed by atoms with Crippen LogP contribution in [-0.4, -0.2) is 41.1 Å². The molecule has 0 saturated heterocycles. The molecule has 2 amide bonds. The van der Waals surface area contributed by atoms with Crippen molar-refractivity contribution in [3.05, 3.63) is 71.3 Å². The highest BCUT2D eigenvalue weighted by Gasteiger charge is 2.28. The van der Waals surface area contributed by atoms with Crippen molar-refractivity contribution in [1.29, 1.82) is 0 Å². The smallest absolute Gasteiger partial charge is 0.242 e. The van der Waals surface area contributed by atoms with E-state index in [-0.39, 0.29) is 17.9 Å². The molecule has 1 N–H and O–H groups in total. The molecule has 2 aromatic carbocycles. The minimum atomic E-state index is -0.462. The Kier molecular flexibility index (Phi) is 9.01. The molecule has 0 radical (unpaired) electrons. The van der Waals surface area contributed by atoms with Gasteiger partial charge in [0.2, 0.25) is 11.8 Å². The molecule has 0 unspecified atom stereocenters. The average Bonchev–Trinajstić information content (AvgIpc) is 3.27. The number of hydrogen-bond acceptors (Lipinski definition) is 3. The summed E-state index contributed by atoms with van der Waals surface area (Å²) in [5.41, 5.74) is 3.63. The number of hydrogen-bond donors (Lipinski definition) is 1. The number of carbonyl (C=O) groups is 2. The third-order valence-corrected chi connectivity index (χ3v) is 6.92. The van der Waals surface area contributed by atoms with Crippen molar-refractivity contribution in [2.24, 2.45) is 0 Å². The van der Waals surface area contributed by atoms with Crippen LogP contribution in [0.5, 0.6) is 0 Å². The summed E-state index contributed by atoms with van der Waals surface area (Å²) in [5.74, 6) is 1.17. The topological polar surface area (TPSA) is 49.4 Å². The van der Waals surface area contributed by atoms with Crippen LogP contribution in [0.4, 0.5) is 0 Å². The van der Waals surface area contributed by atoms with Crippen molar-refractivity contribution in [2.45, 2.75) is 63.8 Å². The number of amides is 2. The predicted octanol–water partition coefficient (Wildman–Crippen LogP) is 4.75. The fourth-order valence-electron chi connectivity index (χ4n) is 4.10. The standard InChI is InChI=1S/C26H34N2O2S/c1-20-9-8-12-23(17-20)18-31-19-25(29)28(16-15-22-10-4-3-5-11-22)21(2)26(30)27-24-13-6-7-14-24/h3-5,8-12,17,21,24H,6-7,13-16,18-19H2,1-2H3,(H,27,30)/t21-/m0/s1. The Morgan fingerprint density at radius 2 is 1.77 bits per heavy atom. The lowest BCUT2D eigenvalue weighted by atomic mass is 10.1. The van der Waals surface area contributed by atoms with Crippen molar-refractivity contribution in [3.63, 3.8) is 0 Å². The molecule has 0 aliphatic heterocycles. The lowest BCUT2D eigenvalue weighted by Crippen LogP contribution is -2.51.